The van der Waals surface area contributed by atoms with Gasteiger partial charge in [0.25, 0.3) is 0 Å². The van der Waals surface area contributed by atoms with Gasteiger partial charge in [-0.1, -0.05) is 67.9 Å². The molecule has 0 radical (unpaired) electrons. The minimum atomic E-state index is 0.203. The van der Waals surface area contributed by atoms with Crippen LogP contribution in [-0.2, 0) is 0 Å². The van der Waals surface area contributed by atoms with E-state index in [1.54, 1.807) is 0 Å². The molecule has 0 fully saturated rings. The normalized spacial score (nSPS) is 12.5. The minimum Gasteiger partial charge on any atom is -0.305 e. The van der Waals surface area contributed by atoms with Crippen molar-refractivity contribution in [3.8, 4) is 0 Å². The zero-order valence-electron chi connectivity index (χ0n) is 13.4. The van der Waals surface area contributed by atoms with E-state index in [1.165, 1.54) is 11.1 Å². The van der Waals surface area contributed by atoms with Gasteiger partial charge < -0.3 is 10.2 Å². The summed E-state index contributed by atoms with van der Waals surface area (Å²) in [5.41, 5.74) is 2.53. The second-order valence-corrected chi connectivity index (χ2v) is 5.81. The quantitative estimate of drug-likeness (QED) is 0.778. The van der Waals surface area contributed by atoms with E-state index < -0.39 is 0 Å². The standard InChI is InChI=1S/C19H25ClN2/c1-3-22(4-2)15-14-21-19(16-8-6-5-7-9-16)17-10-12-18(20)13-11-17/h5-13,19,21H,3-4,14-15H2,1-2H3. The Balaban J connectivity index is 2.10. The van der Waals surface area contributed by atoms with Crippen LogP contribution in [-0.4, -0.2) is 31.1 Å². The Hall–Kier alpha value is -1.35. The van der Waals surface area contributed by atoms with E-state index in [2.05, 4.69) is 66.5 Å². The Bertz CT molecular complexity index is 535. The molecular weight excluding hydrogens is 292 g/mol. The number of nitrogens with zero attached hydrogens (tertiary/aromatic N) is 1. The van der Waals surface area contributed by atoms with Crippen LogP contribution in [0.1, 0.15) is 31.0 Å². The van der Waals surface area contributed by atoms with Gasteiger partial charge in [0.05, 0.1) is 6.04 Å². The molecule has 0 aliphatic rings. The molecule has 1 atom stereocenters. The number of hydrogen-bond donors (Lipinski definition) is 1. The number of nitrogens with one attached hydrogen (secondary N) is 1. The van der Waals surface area contributed by atoms with Crippen molar-refractivity contribution < 1.29 is 0 Å². The molecule has 1 N–H and O–H groups in total. The van der Waals surface area contributed by atoms with Gasteiger partial charge in [0.15, 0.2) is 0 Å². The van der Waals surface area contributed by atoms with Gasteiger partial charge in [-0.15, -0.1) is 0 Å². The van der Waals surface area contributed by atoms with Crippen molar-refractivity contribution in [3.63, 3.8) is 0 Å². The van der Waals surface area contributed by atoms with Crippen LogP contribution >= 0.6 is 11.6 Å². The van der Waals surface area contributed by atoms with Crippen LogP contribution in [0.4, 0.5) is 0 Å². The van der Waals surface area contributed by atoms with Gasteiger partial charge in [0.1, 0.15) is 0 Å². The fourth-order valence-electron chi connectivity index (χ4n) is 2.64. The Morgan fingerprint density at radius 2 is 1.50 bits per heavy atom. The van der Waals surface area contributed by atoms with Crippen molar-refractivity contribution >= 4 is 11.6 Å². The van der Waals surface area contributed by atoms with Crippen LogP contribution in [0.15, 0.2) is 54.6 Å². The first kappa shape index (κ1) is 17.0. The van der Waals surface area contributed by atoms with Gasteiger partial charge >= 0.3 is 0 Å². The average molecular weight is 317 g/mol. The van der Waals surface area contributed by atoms with E-state index in [-0.39, 0.29) is 6.04 Å². The Labute approximate surface area is 139 Å². The van der Waals surface area contributed by atoms with Crippen LogP contribution in [0.25, 0.3) is 0 Å². The first-order valence-corrected chi connectivity index (χ1v) is 8.38. The highest BCUT2D eigenvalue weighted by atomic mass is 35.5. The number of likely N-dealkylation sites (N-methyl/N-ethyl adjacent to an activating group) is 1. The van der Waals surface area contributed by atoms with Crippen LogP contribution < -0.4 is 5.32 Å². The first-order chi connectivity index (χ1) is 10.7. The predicted molar refractivity (Wildman–Crippen MR) is 95.5 cm³/mol. The van der Waals surface area contributed by atoms with Gasteiger partial charge in [-0.05, 0) is 36.3 Å². The smallest absolute Gasteiger partial charge is 0.0577 e. The lowest BCUT2D eigenvalue weighted by molar-refractivity contribution is 0.299. The van der Waals surface area contributed by atoms with Crippen molar-refractivity contribution in [2.45, 2.75) is 19.9 Å². The van der Waals surface area contributed by atoms with E-state index in [1.807, 2.05) is 12.1 Å². The van der Waals surface area contributed by atoms with Crippen molar-refractivity contribution in [2.75, 3.05) is 26.2 Å². The van der Waals surface area contributed by atoms with Gasteiger partial charge in [-0.3, -0.25) is 0 Å². The van der Waals surface area contributed by atoms with Gasteiger partial charge in [-0.2, -0.15) is 0 Å². The topological polar surface area (TPSA) is 15.3 Å². The fourth-order valence-corrected chi connectivity index (χ4v) is 2.76. The molecule has 0 bridgehead atoms. The van der Waals surface area contributed by atoms with Crippen LogP contribution in [0.5, 0.6) is 0 Å². The highest BCUT2D eigenvalue weighted by Gasteiger charge is 2.13. The van der Waals surface area contributed by atoms with Gasteiger partial charge in [0, 0.05) is 18.1 Å². The summed E-state index contributed by atoms with van der Waals surface area (Å²) in [5.74, 6) is 0. The van der Waals surface area contributed by atoms with Crippen molar-refractivity contribution in [1.29, 1.82) is 0 Å². The third-order valence-corrected chi connectivity index (χ3v) is 4.26. The van der Waals surface area contributed by atoms with Crippen molar-refractivity contribution in [3.05, 3.63) is 70.7 Å². The monoisotopic (exact) mass is 316 g/mol. The molecule has 2 aromatic rings. The fraction of sp³-hybridized carbons (Fsp3) is 0.368. The molecular formula is C19H25ClN2. The van der Waals surface area contributed by atoms with E-state index in [4.69, 9.17) is 11.6 Å². The van der Waals surface area contributed by atoms with E-state index >= 15 is 0 Å². The molecule has 0 saturated carbocycles. The van der Waals surface area contributed by atoms with E-state index in [0.29, 0.717) is 0 Å². The molecule has 0 spiro atoms. The Morgan fingerprint density at radius 3 is 2.09 bits per heavy atom. The average Bonchev–Trinajstić information content (AvgIpc) is 2.57. The first-order valence-electron chi connectivity index (χ1n) is 8.00. The van der Waals surface area contributed by atoms with Crippen LogP contribution in [0, 0.1) is 0 Å². The Morgan fingerprint density at radius 1 is 0.909 bits per heavy atom. The lowest BCUT2D eigenvalue weighted by atomic mass is 9.99. The SMILES string of the molecule is CCN(CC)CCNC(c1ccccc1)c1ccc(Cl)cc1. The maximum absolute atomic E-state index is 6.02. The molecule has 0 aliphatic carbocycles. The van der Waals surface area contributed by atoms with E-state index in [0.717, 1.165) is 31.2 Å². The van der Waals surface area contributed by atoms with Gasteiger partial charge in [-0.25, -0.2) is 0 Å². The highest BCUT2D eigenvalue weighted by Crippen LogP contribution is 2.23. The maximum Gasteiger partial charge on any atom is 0.0577 e. The summed E-state index contributed by atoms with van der Waals surface area (Å²) in [6.07, 6.45) is 0. The van der Waals surface area contributed by atoms with Crippen LogP contribution in [0.2, 0.25) is 5.02 Å². The molecule has 0 amide bonds. The summed E-state index contributed by atoms with van der Waals surface area (Å²) >= 11 is 6.02. The molecule has 118 valence electrons. The predicted octanol–water partition coefficient (Wildman–Crippen LogP) is 4.36. The molecule has 0 aliphatic heterocycles. The summed E-state index contributed by atoms with van der Waals surface area (Å²) < 4.78 is 0. The summed E-state index contributed by atoms with van der Waals surface area (Å²) in [4.78, 5) is 2.43. The number of benzene rings is 2. The summed E-state index contributed by atoms with van der Waals surface area (Å²) in [6.45, 7) is 8.62. The lowest BCUT2D eigenvalue weighted by Crippen LogP contribution is -2.34. The number of hydrogen-bond acceptors (Lipinski definition) is 2. The highest BCUT2D eigenvalue weighted by molar-refractivity contribution is 6.30. The largest absolute Gasteiger partial charge is 0.305 e. The number of rotatable bonds is 8. The molecule has 2 aromatic carbocycles. The zero-order valence-corrected chi connectivity index (χ0v) is 14.2. The van der Waals surface area contributed by atoms with Crippen molar-refractivity contribution in [2.24, 2.45) is 0 Å². The lowest BCUT2D eigenvalue weighted by Gasteiger charge is -2.23. The molecule has 0 saturated heterocycles. The zero-order chi connectivity index (χ0) is 15.8. The third kappa shape index (κ3) is 4.84. The molecule has 2 nitrogen and oxygen atoms in total. The summed E-state index contributed by atoms with van der Waals surface area (Å²) in [6, 6.07) is 18.9. The molecule has 1 unspecified atom stereocenters. The molecule has 0 heterocycles. The molecule has 0 aromatic heterocycles. The molecule has 22 heavy (non-hydrogen) atoms. The second kappa shape index (κ2) is 8.94. The Kier molecular flexibility index (Phi) is 6.91. The maximum atomic E-state index is 6.02. The number of halogens is 1. The van der Waals surface area contributed by atoms with Crippen LogP contribution in [0.3, 0.4) is 0 Å². The van der Waals surface area contributed by atoms with Crippen molar-refractivity contribution in [1.82, 2.24) is 10.2 Å². The summed E-state index contributed by atoms with van der Waals surface area (Å²) in [7, 11) is 0. The van der Waals surface area contributed by atoms with Gasteiger partial charge in [0.2, 0.25) is 0 Å². The summed E-state index contributed by atoms with van der Waals surface area (Å²) in [5, 5.41) is 4.46. The second-order valence-electron chi connectivity index (χ2n) is 5.38. The van der Waals surface area contributed by atoms with E-state index in [9.17, 15) is 0 Å². The molecule has 3 heteroatoms. The third-order valence-electron chi connectivity index (χ3n) is 4.01. The minimum absolute atomic E-state index is 0.203. The molecule has 2 rings (SSSR count).